The smallest absolute Gasteiger partial charge is 0.318 e. The summed E-state index contributed by atoms with van der Waals surface area (Å²) in [6.07, 6.45) is 4.67. The molecule has 0 spiro atoms. The van der Waals surface area contributed by atoms with Gasteiger partial charge in [-0.1, -0.05) is 12.6 Å². The first kappa shape index (κ1) is 27.4. The van der Waals surface area contributed by atoms with Crippen molar-refractivity contribution in [3.05, 3.63) is 47.6 Å². The Kier molecular flexibility index (Phi) is 7.53. The monoisotopic (exact) mass is 572 g/mol. The number of nitriles is 1. The molecule has 0 bridgehead atoms. The average molecular weight is 573 g/mol. The molecule has 1 amide bonds. The number of hydrogen-bond acceptors (Lipinski definition) is 10. The fourth-order valence-electron chi connectivity index (χ4n) is 6.19. The molecule has 0 N–H and O–H groups in total. The first-order valence-corrected chi connectivity index (χ1v) is 15.1. The number of nitrogens with zero attached hydrogens (tertiary/aromatic N) is 8. The van der Waals surface area contributed by atoms with Gasteiger partial charge in [-0.05, 0) is 51.6 Å². The summed E-state index contributed by atoms with van der Waals surface area (Å²) in [6, 6.07) is 8.71. The van der Waals surface area contributed by atoms with Crippen LogP contribution in [0.1, 0.15) is 30.5 Å². The highest BCUT2D eigenvalue weighted by molar-refractivity contribution is 7.17. The molecule has 3 aliphatic rings. The van der Waals surface area contributed by atoms with Gasteiger partial charge >= 0.3 is 6.01 Å². The maximum atomic E-state index is 12.5. The Hall–Kier alpha value is -3.75. The molecule has 6 rings (SSSR count). The Morgan fingerprint density at radius 3 is 2.88 bits per heavy atom. The summed E-state index contributed by atoms with van der Waals surface area (Å²) in [7, 11) is 4.19. The lowest BCUT2D eigenvalue weighted by molar-refractivity contribution is -0.128. The van der Waals surface area contributed by atoms with Crippen LogP contribution >= 0.6 is 11.3 Å². The first-order chi connectivity index (χ1) is 19.9. The molecule has 1 atom stereocenters. The molecule has 10 nitrogen and oxygen atoms in total. The summed E-state index contributed by atoms with van der Waals surface area (Å²) >= 11 is 1.66. The van der Waals surface area contributed by atoms with Gasteiger partial charge in [0.25, 0.3) is 0 Å². The number of hydrogen-bond donors (Lipinski definition) is 0. The molecule has 3 aromatic rings. The third-order valence-corrected chi connectivity index (χ3v) is 9.25. The quantitative estimate of drug-likeness (QED) is 0.357. The van der Waals surface area contributed by atoms with E-state index in [2.05, 4.69) is 64.6 Å². The highest BCUT2D eigenvalue weighted by atomic mass is 32.1. The molecule has 0 radical (unpaired) electrons. The van der Waals surface area contributed by atoms with Crippen molar-refractivity contribution in [2.75, 3.05) is 63.2 Å². The van der Waals surface area contributed by atoms with Crippen molar-refractivity contribution in [3.63, 3.8) is 0 Å². The van der Waals surface area contributed by atoms with Gasteiger partial charge in [0.05, 0.1) is 58.8 Å². The van der Waals surface area contributed by atoms with Crippen LogP contribution in [0.2, 0.25) is 0 Å². The van der Waals surface area contributed by atoms with Crippen molar-refractivity contribution in [1.29, 1.82) is 5.26 Å². The van der Waals surface area contributed by atoms with E-state index in [-0.39, 0.29) is 23.8 Å². The molecule has 1 saturated carbocycles. The minimum absolute atomic E-state index is 0.137. The molecular formula is C30H36N8O2S. The van der Waals surface area contributed by atoms with Crippen molar-refractivity contribution in [3.8, 4) is 12.1 Å². The number of rotatable bonds is 9. The number of piperazine rings is 1. The minimum Gasteiger partial charge on any atom is -0.463 e. The van der Waals surface area contributed by atoms with E-state index in [0.29, 0.717) is 38.8 Å². The summed E-state index contributed by atoms with van der Waals surface area (Å²) in [4.78, 5) is 35.5. The van der Waals surface area contributed by atoms with Crippen LogP contribution in [0.5, 0.6) is 6.01 Å². The lowest BCUT2D eigenvalue weighted by atomic mass is 10.0. The number of carbonyl (C=O) groups is 1. The molecule has 2 fully saturated rings. The summed E-state index contributed by atoms with van der Waals surface area (Å²) in [5.74, 6) is 0.730. The second-order valence-corrected chi connectivity index (χ2v) is 12.5. The second kappa shape index (κ2) is 11.3. The zero-order valence-electron chi connectivity index (χ0n) is 23.8. The van der Waals surface area contributed by atoms with Crippen LogP contribution in [0.15, 0.2) is 36.4 Å². The Bertz CT molecular complexity index is 1490. The van der Waals surface area contributed by atoms with Gasteiger partial charge in [-0.2, -0.15) is 15.2 Å². The van der Waals surface area contributed by atoms with E-state index in [4.69, 9.17) is 14.7 Å². The molecule has 1 aromatic carbocycles. The van der Waals surface area contributed by atoms with E-state index in [1.165, 1.54) is 16.5 Å². The van der Waals surface area contributed by atoms with Gasteiger partial charge in [-0.3, -0.25) is 4.79 Å². The zero-order chi connectivity index (χ0) is 28.6. The fraction of sp³-hybridized carbons (Fsp3) is 0.500. The molecule has 1 saturated heterocycles. The van der Waals surface area contributed by atoms with Gasteiger partial charge in [0.15, 0.2) is 0 Å². The number of amides is 1. The molecular weight excluding hydrogens is 536 g/mol. The normalized spacial score (nSPS) is 19.7. The van der Waals surface area contributed by atoms with Gasteiger partial charge in [0, 0.05) is 43.7 Å². The second-order valence-electron chi connectivity index (χ2n) is 11.6. The van der Waals surface area contributed by atoms with Crippen molar-refractivity contribution < 1.29 is 9.53 Å². The molecule has 2 aromatic heterocycles. The number of fused-ring (bicyclic) bond motifs is 2. The molecule has 214 valence electrons. The van der Waals surface area contributed by atoms with Crippen LogP contribution in [0.4, 0.5) is 11.5 Å². The van der Waals surface area contributed by atoms with E-state index < -0.39 is 0 Å². The molecule has 1 aliphatic carbocycles. The van der Waals surface area contributed by atoms with Gasteiger partial charge in [0.2, 0.25) is 5.91 Å². The summed E-state index contributed by atoms with van der Waals surface area (Å²) < 4.78 is 7.53. The van der Waals surface area contributed by atoms with Gasteiger partial charge in [-0.25, -0.2) is 4.98 Å². The third kappa shape index (κ3) is 5.59. The number of carbonyl (C=O) groups excluding carboxylic acids is 1. The lowest BCUT2D eigenvalue weighted by Crippen LogP contribution is -2.55. The highest BCUT2D eigenvalue weighted by Gasteiger charge is 2.44. The largest absolute Gasteiger partial charge is 0.463 e. The summed E-state index contributed by atoms with van der Waals surface area (Å²) in [5.41, 5.74) is 6.33. The van der Waals surface area contributed by atoms with Crippen LogP contribution in [0.25, 0.3) is 10.2 Å². The Labute approximate surface area is 244 Å². The zero-order valence-corrected chi connectivity index (χ0v) is 24.6. The van der Waals surface area contributed by atoms with Crippen molar-refractivity contribution in [2.24, 2.45) is 5.41 Å². The predicted molar refractivity (Wildman–Crippen MR) is 160 cm³/mol. The number of ether oxygens (including phenoxy) is 1. The summed E-state index contributed by atoms with van der Waals surface area (Å²) in [5, 5.41) is 9.50. The van der Waals surface area contributed by atoms with Crippen LogP contribution in [0, 0.1) is 16.7 Å². The lowest BCUT2D eigenvalue weighted by Gasteiger charge is -2.42. The highest BCUT2D eigenvalue weighted by Crippen LogP contribution is 2.46. The Morgan fingerprint density at radius 1 is 1.27 bits per heavy atom. The first-order valence-electron chi connectivity index (χ1n) is 14.2. The van der Waals surface area contributed by atoms with E-state index in [9.17, 15) is 10.1 Å². The third-order valence-electron chi connectivity index (χ3n) is 8.38. The summed E-state index contributed by atoms with van der Waals surface area (Å²) in [6.45, 7) is 8.37. The molecule has 1 unspecified atom stereocenters. The maximum Gasteiger partial charge on any atom is 0.318 e. The minimum atomic E-state index is -0.229. The Balaban J connectivity index is 1.32. The predicted octanol–water partition coefficient (Wildman–Crippen LogP) is 3.49. The molecule has 41 heavy (non-hydrogen) atoms. The van der Waals surface area contributed by atoms with E-state index in [0.717, 1.165) is 54.9 Å². The van der Waals surface area contributed by atoms with Crippen LogP contribution in [-0.2, 0) is 17.8 Å². The molecule has 11 heteroatoms. The van der Waals surface area contributed by atoms with Crippen molar-refractivity contribution >= 4 is 39.0 Å². The van der Waals surface area contributed by atoms with Gasteiger partial charge in [0.1, 0.15) is 5.82 Å². The van der Waals surface area contributed by atoms with Crippen molar-refractivity contribution in [1.82, 2.24) is 24.8 Å². The molecule has 2 aliphatic heterocycles. The fourth-order valence-corrected chi connectivity index (χ4v) is 7.02. The van der Waals surface area contributed by atoms with Crippen LogP contribution in [0.3, 0.4) is 0 Å². The van der Waals surface area contributed by atoms with Gasteiger partial charge < -0.3 is 24.3 Å². The average Bonchev–Trinajstić information content (AvgIpc) is 3.55. The maximum absolute atomic E-state index is 12.5. The van der Waals surface area contributed by atoms with Crippen LogP contribution in [-0.4, -0.2) is 90.1 Å². The standard InChI is InChI=1S/C30H36N8O2S/c1-4-26(39)38-15-14-37(16-21(38)8-12-31)28-22-9-13-36(25-7-5-6-23-27(25)41-20-32-23)17-24(22)33-29(34-28)40-19-30(10-11-30)18-35(2)3/h4-7,20-21H,1,8-11,13-19H2,2-3H3. The SMILES string of the molecule is C=CC(=O)N1CCN(c2nc(OCC3(CN(C)C)CC3)nc3c2CCN(c2cccc4ncsc24)C3)CC1CC#N. The topological polar surface area (TPSA) is 102 Å². The van der Waals surface area contributed by atoms with E-state index in [1.807, 2.05) is 5.51 Å². The van der Waals surface area contributed by atoms with Crippen molar-refractivity contribution in [2.45, 2.75) is 38.3 Å². The number of anilines is 2. The number of aromatic nitrogens is 3. The Morgan fingerprint density at radius 2 is 2.12 bits per heavy atom. The molecule has 4 heterocycles. The van der Waals surface area contributed by atoms with Gasteiger partial charge in [-0.15, -0.1) is 11.3 Å². The number of thiazole rings is 1. The number of benzene rings is 1. The van der Waals surface area contributed by atoms with E-state index in [1.54, 1.807) is 16.2 Å². The van der Waals surface area contributed by atoms with E-state index >= 15 is 0 Å². The van der Waals surface area contributed by atoms with Crippen LogP contribution < -0.4 is 14.5 Å².